The molecule has 1 heterocycles. The first-order valence-electron chi connectivity index (χ1n) is 10.1. The third kappa shape index (κ3) is 6.38. The fraction of sp³-hybridized carbons (Fsp3) is 0.318. The summed E-state index contributed by atoms with van der Waals surface area (Å²) in [5, 5.41) is 14.6. The maximum Gasteiger partial charge on any atom is 0.416 e. The first-order chi connectivity index (χ1) is 15.5. The molecule has 0 bridgehead atoms. The van der Waals surface area contributed by atoms with Crippen LogP contribution in [0.3, 0.4) is 0 Å². The number of amides is 1. The number of hydrogen-bond donors (Lipinski definition) is 1. The molecule has 1 atom stereocenters. The average molecular weight is 483 g/mol. The van der Waals surface area contributed by atoms with Crippen LogP contribution in [0.5, 0.6) is 0 Å². The van der Waals surface area contributed by atoms with Crippen molar-refractivity contribution in [1.29, 1.82) is 0 Å². The van der Waals surface area contributed by atoms with Gasteiger partial charge in [-0.3, -0.25) is 14.9 Å². The summed E-state index contributed by atoms with van der Waals surface area (Å²) in [7, 11) is 1.65. The van der Waals surface area contributed by atoms with E-state index in [1.165, 1.54) is 17.0 Å². The van der Waals surface area contributed by atoms with Gasteiger partial charge in [-0.1, -0.05) is 23.7 Å². The van der Waals surface area contributed by atoms with Crippen LogP contribution in [0.15, 0.2) is 60.6 Å². The third-order valence-corrected chi connectivity index (χ3v) is 5.52. The zero-order chi connectivity index (χ0) is 24.2. The number of nitro groups is 1. The monoisotopic (exact) mass is 482 g/mol. The Morgan fingerprint density at radius 3 is 2.45 bits per heavy atom. The van der Waals surface area contributed by atoms with Crippen molar-refractivity contribution in [3.8, 4) is 0 Å². The van der Waals surface area contributed by atoms with Gasteiger partial charge in [-0.05, 0) is 54.8 Å². The number of carbonyl (C=O) groups excluding carboxylic acids is 1. The van der Waals surface area contributed by atoms with Crippen molar-refractivity contribution in [2.24, 2.45) is 0 Å². The van der Waals surface area contributed by atoms with E-state index in [4.69, 9.17) is 11.6 Å². The Bertz CT molecular complexity index is 1030. The molecule has 0 radical (unpaired) electrons. The van der Waals surface area contributed by atoms with Gasteiger partial charge in [0.25, 0.3) is 6.20 Å². The Kier molecular flexibility index (Phi) is 7.47. The predicted octanol–water partition coefficient (Wildman–Crippen LogP) is 4.97. The van der Waals surface area contributed by atoms with Gasteiger partial charge in [0.15, 0.2) is 5.82 Å². The van der Waals surface area contributed by atoms with Gasteiger partial charge in [0.2, 0.25) is 5.91 Å². The second-order valence-corrected chi connectivity index (χ2v) is 8.11. The Balaban J connectivity index is 1.77. The lowest BCUT2D eigenvalue weighted by molar-refractivity contribution is -0.404. The van der Waals surface area contributed by atoms with Crippen molar-refractivity contribution in [2.75, 3.05) is 18.9 Å². The van der Waals surface area contributed by atoms with Crippen LogP contribution in [0.1, 0.15) is 24.0 Å². The number of carbonyl (C=O) groups is 1. The molecule has 7 nitrogen and oxygen atoms in total. The van der Waals surface area contributed by atoms with Crippen LogP contribution in [0.2, 0.25) is 5.02 Å². The number of nitrogens with zero attached hydrogens (tertiary/aromatic N) is 3. The number of likely N-dealkylation sites (N-methyl/N-ethyl adjacent to an activating group) is 1. The van der Waals surface area contributed by atoms with Gasteiger partial charge in [-0.2, -0.15) is 13.2 Å². The fourth-order valence-corrected chi connectivity index (χ4v) is 3.80. The molecule has 1 aliphatic rings. The Hall–Kier alpha value is -3.27. The van der Waals surface area contributed by atoms with Gasteiger partial charge in [0.1, 0.15) is 6.04 Å². The summed E-state index contributed by atoms with van der Waals surface area (Å²) in [6.07, 6.45) is -2.63. The highest BCUT2D eigenvalue weighted by Gasteiger charge is 2.35. The quantitative estimate of drug-likeness (QED) is 0.445. The van der Waals surface area contributed by atoms with E-state index < -0.39 is 22.7 Å². The molecule has 33 heavy (non-hydrogen) atoms. The zero-order valence-electron chi connectivity index (χ0n) is 17.7. The van der Waals surface area contributed by atoms with Crippen LogP contribution in [-0.4, -0.2) is 40.3 Å². The van der Waals surface area contributed by atoms with Crippen molar-refractivity contribution in [2.45, 2.75) is 31.6 Å². The molecule has 3 rings (SSSR count). The molecule has 1 amide bonds. The molecule has 2 aromatic carbocycles. The summed E-state index contributed by atoms with van der Waals surface area (Å²) < 4.78 is 38.4. The molecular formula is C22H22ClF3N4O3. The summed E-state index contributed by atoms with van der Waals surface area (Å²) in [5.74, 6) is -0.179. The van der Waals surface area contributed by atoms with E-state index in [-0.39, 0.29) is 17.4 Å². The van der Waals surface area contributed by atoms with Crippen molar-refractivity contribution < 1.29 is 22.9 Å². The highest BCUT2D eigenvalue weighted by Crippen LogP contribution is 2.31. The van der Waals surface area contributed by atoms with E-state index in [1.54, 1.807) is 24.1 Å². The minimum atomic E-state index is -4.49. The summed E-state index contributed by atoms with van der Waals surface area (Å²) in [5.41, 5.74) is 0.290. The van der Waals surface area contributed by atoms with Crippen LogP contribution in [-0.2, 0) is 17.5 Å². The highest BCUT2D eigenvalue weighted by molar-refractivity contribution is 6.30. The molecular weight excluding hydrogens is 461 g/mol. The first-order valence-corrected chi connectivity index (χ1v) is 10.5. The standard InChI is InChI=1S/C22H22ClF3N4O3/c1-28(13-15-4-8-17(23)9-5-15)21(31)19-3-2-12-29(19)20(14-30(32)33)27-18-10-6-16(7-11-18)22(24,25)26/h4-11,14,19,27H,2-3,12-13H2,1H3/b20-14+. The van der Waals surface area contributed by atoms with Crippen molar-refractivity contribution in [3.63, 3.8) is 0 Å². The van der Waals surface area contributed by atoms with Crippen molar-refractivity contribution in [3.05, 3.63) is 86.8 Å². The van der Waals surface area contributed by atoms with E-state index in [2.05, 4.69) is 5.32 Å². The summed E-state index contributed by atoms with van der Waals surface area (Å²) in [4.78, 5) is 26.8. The molecule has 0 aromatic heterocycles. The summed E-state index contributed by atoms with van der Waals surface area (Å²) in [6, 6.07) is 10.6. The van der Waals surface area contributed by atoms with Crippen LogP contribution >= 0.6 is 11.6 Å². The van der Waals surface area contributed by atoms with Gasteiger partial charge in [0.05, 0.1) is 10.5 Å². The molecule has 2 aromatic rings. The third-order valence-electron chi connectivity index (χ3n) is 5.27. The lowest BCUT2D eigenvalue weighted by Crippen LogP contribution is -2.44. The average Bonchev–Trinajstić information content (AvgIpc) is 3.23. The highest BCUT2D eigenvalue weighted by atomic mass is 35.5. The molecule has 1 N–H and O–H groups in total. The van der Waals surface area contributed by atoms with Gasteiger partial charge in [0, 0.05) is 30.8 Å². The number of hydrogen-bond acceptors (Lipinski definition) is 5. The number of nitrogens with one attached hydrogen (secondary N) is 1. The van der Waals surface area contributed by atoms with Gasteiger partial charge >= 0.3 is 6.18 Å². The largest absolute Gasteiger partial charge is 0.416 e. The first kappa shape index (κ1) is 24.4. The predicted molar refractivity (Wildman–Crippen MR) is 118 cm³/mol. The molecule has 1 unspecified atom stereocenters. The Morgan fingerprint density at radius 1 is 1.24 bits per heavy atom. The van der Waals surface area contributed by atoms with E-state index >= 15 is 0 Å². The van der Waals surface area contributed by atoms with Crippen LogP contribution in [0, 0.1) is 10.1 Å². The topological polar surface area (TPSA) is 78.7 Å². The number of benzene rings is 2. The van der Waals surface area contributed by atoms with E-state index in [9.17, 15) is 28.1 Å². The van der Waals surface area contributed by atoms with Gasteiger partial charge in [-0.15, -0.1) is 0 Å². The minimum absolute atomic E-state index is 0.0375. The molecule has 0 spiro atoms. The summed E-state index contributed by atoms with van der Waals surface area (Å²) in [6.45, 7) is 0.722. The number of rotatable bonds is 7. The SMILES string of the molecule is CN(Cc1ccc(Cl)cc1)C(=O)C1CCCN1/C(=C/[N+](=O)[O-])Nc1ccc(C(F)(F)F)cc1. The molecule has 0 saturated carbocycles. The Morgan fingerprint density at radius 2 is 1.88 bits per heavy atom. The van der Waals surface area contributed by atoms with Crippen LogP contribution in [0.25, 0.3) is 0 Å². The number of alkyl halides is 3. The second-order valence-electron chi connectivity index (χ2n) is 7.67. The normalized spacial score (nSPS) is 16.6. The van der Waals surface area contributed by atoms with Crippen LogP contribution in [0.4, 0.5) is 18.9 Å². The summed E-state index contributed by atoms with van der Waals surface area (Å²) >= 11 is 5.90. The van der Waals surface area contributed by atoms with Gasteiger partial charge < -0.3 is 15.1 Å². The molecule has 1 fully saturated rings. The van der Waals surface area contributed by atoms with E-state index in [0.29, 0.717) is 31.0 Å². The Labute approximate surface area is 193 Å². The van der Waals surface area contributed by atoms with Crippen LogP contribution < -0.4 is 5.32 Å². The minimum Gasteiger partial charge on any atom is -0.341 e. The number of halogens is 4. The zero-order valence-corrected chi connectivity index (χ0v) is 18.4. The van der Waals surface area contributed by atoms with Crippen molar-refractivity contribution >= 4 is 23.2 Å². The second kappa shape index (κ2) is 10.1. The fourth-order valence-electron chi connectivity index (χ4n) is 3.68. The van der Waals surface area contributed by atoms with Gasteiger partial charge in [-0.25, -0.2) is 0 Å². The lowest BCUT2D eigenvalue weighted by Gasteiger charge is -2.30. The van der Waals surface area contributed by atoms with Crippen molar-refractivity contribution in [1.82, 2.24) is 9.80 Å². The number of anilines is 1. The molecule has 1 aliphatic heterocycles. The lowest BCUT2D eigenvalue weighted by atomic mass is 10.1. The molecule has 176 valence electrons. The molecule has 0 aliphatic carbocycles. The smallest absolute Gasteiger partial charge is 0.341 e. The van der Waals surface area contributed by atoms with E-state index in [1.807, 2.05) is 12.1 Å². The maximum absolute atomic E-state index is 13.1. The molecule has 1 saturated heterocycles. The number of likely N-dealkylation sites (tertiary alicyclic amines) is 1. The maximum atomic E-state index is 13.1. The van der Waals surface area contributed by atoms with E-state index in [0.717, 1.165) is 23.9 Å². The molecule has 11 heteroatoms.